The van der Waals surface area contributed by atoms with E-state index >= 15 is 0 Å². The minimum Gasteiger partial charge on any atom is -0.390 e. The normalized spacial score (nSPS) is 56.8. The van der Waals surface area contributed by atoms with Crippen LogP contribution in [0, 0.1) is 17.3 Å². The van der Waals surface area contributed by atoms with Gasteiger partial charge in [-0.2, -0.15) is 0 Å². The molecule has 0 saturated heterocycles. The zero-order valence-corrected chi connectivity index (χ0v) is 9.79. The molecule has 0 aromatic heterocycles. The van der Waals surface area contributed by atoms with Crippen molar-refractivity contribution in [3.05, 3.63) is 0 Å². The standard InChI is InChI=1S/C13H22O2/c1-11(2)4-9-3-10-6-12(14,5-9)8-13(10,15)7-11/h9-10,14-15H,3-8H2,1-2H3. The first-order valence-electron chi connectivity index (χ1n) is 6.25. The monoisotopic (exact) mass is 210 g/mol. The van der Waals surface area contributed by atoms with E-state index in [1.807, 2.05) is 0 Å². The molecule has 3 saturated carbocycles. The first-order chi connectivity index (χ1) is 6.80. The van der Waals surface area contributed by atoms with Crippen molar-refractivity contribution >= 4 is 0 Å². The third-order valence-corrected chi connectivity index (χ3v) is 4.93. The number of hydrogen-bond donors (Lipinski definition) is 2. The van der Waals surface area contributed by atoms with Crippen LogP contribution in [0.25, 0.3) is 0 Å². The number of fused-ring (bicyclic) bond motifs is 2. The molecular formula is C13H22O2. The summed E-state index contributed by atoms with van der Waals surface area (Å²) in [5, 5.41) is 21.1. The predicted octanol–water partition coefficient (Wildman–Crippen LogP) is 2.09. The molecule has 0 spiro atoms. The molecule has 0 aromatic rings. The van der Waals surface area contributed by atoms with E-state index in [2.05, 4.69) is 13.8 Å². The summed E-state index contributed by atoms with van der Waals surface area (Å²) in [4.78, 5) is 0. The van der Waals surface area contributed by atoms with Gasteiger partial charge in [-0.1, -0.05) is 13.8 Å². The Labute approximate surface area is 91.7 Å². The molecule has 0 amide bonds. The third-order valence-electron chi connectivity index (χ3n) is 4.93. The lowest BCUT2D eigenvalue weighted by molar-refractivity contribution is -0.0519. The van der Waals surface area contributed by atoms with Gasteiger partial charge in [-0.25, -0.2) is 0 Å². The van der Waals surface area contributed by atoms with Crippen LogP contribution in [-0.2, 0) is 0 Å². The molecule has 4 atom stereocenters. The van der Waals surface area contributed by atoms with Crippen LogP contribution in [-0.4, -0.2) is 21.4 Å². The van der Waals surface area contributed by atoms with Crippen molar-refractivity contribution in [2.24, 2.45) is 17.3 Å². The maximum atomic E-state index is 10.7. The summed E-state index contributed by atoms with van der Waals surface area (Å²) in [5.74, 6) is 1.00. The van der Waals surface area contributed by atoms with Crippen molar-refractivity contribution in [1.29, 1.82) is 0 Å². The van der Waals surface area contributed by atoms with Gasteiger partial charge in [0.1, 0.15) is 0 Å². The summed E-state index contributed by atoms with van der Waals surface area (Å²) in [5.41, 5.74) is -0.845. The van der Waals surface area contributed by atoms with Crippen LogP contribution in [0.2, 0.25) is 0 Å². The van der Waals surface area contributed by atoms with Crippen LogP contribution in [0.5, 0.6) is 0 Å². The Hall–Kier alpha value is -0.0800. The van der Waals surface area contributed by atoms with Gasteiger partial charge >= 0.3 is 0 Å². The first kappa shape index (κ1) is 10.1. The van der Waals surface area contributed by atoms with Crippen LogP contribution in [0.4, 0.5) is 0 Å². The molecule has 86 valence electrons. The topological polar surface area (TPSA) is 40.5 Å². The highest BCUT2D eigenvalue weighted by molar-refractivity contribution is 5.12. The zero-order chi connectivity index (χ0) is 10.9. The fourth-order valence-electron chi connectivity index (χ4n) is 4.96. The van der Waals surface area contributed by atoms with Gasteiger partial charge in [0.15, 0.2) is 0 Å². The lowest BCUT2D eigenvalue weighted by Gasteiger charge is -2.38. The van der Waals surface area contributed by atoms with E-state index < -0.39 is 11.2 Å². The Morgan fingerprint density at radius 3 is 2.47 bits per heavy atom. The summed E-state index contributed by atoms with van der Waals surface area (Å²) < 4.78 is 0. The van der Waals surface area contributed by atoms with Gasteiger partial charge in [0, 0.05) is 6.42 Å². The second-order valence-corrected chi connectivity index (χ2v) is 7.26. The smallest absolute Gasteiger partial charge is 0.0709 e. The fraction of sp³-hybridized carbons (Fsp3) is 1.00. The molecule has 3 rings (SSSR count). The second-order valence-electron chi connectivity index (χ2n) is 7.26. The van der Waals surface area contributed by atoms with E-state index in [4.69, 9.17) is 0 Å². The highest BCUT2D eigenvalue weighted by Crippen LogP contribution is 2.60. The lowest BCUT2D eigenvalue weighted by atomic mass is 9.71. The molecule has 0 radical (unpaired) electrons. The quantitative estimate of drug-likeness (QED) is 0.642. The molecule has 2 N–H and O–H groups in total. The number of aliphatic hydroxyl groups is 2. The van der Waals surface area contributed by atoms with Crippen LogP contribution in [0.15, 0.2) is 0 Å². The van der Waals surface area contributed by atoms with Crippen LogP contribution in [0.3, 0.4) is 0 Å². The molecule has 15 heavy (non-hydrogen) atoms. The van der Waals surface area contributed by atoms with E-state index in [0.29, 0.717) is 18.3 Å². The van der Waals surface area contributed by atoms with E-state index in [0.717, 1.165) is 25.7 Å². The Balaban J connectivity index is 2.01. The molecular weight excluding hydrogens is 188 g/mol. The van der Waals surface area contributed by atoms with Gasteiger partial charge < -0.3 is 10.2 Å². The minimum absolute atomic E-state index is 0.250. The predicted molar refractivity (Wildman–Crippen MR) is 58.4 cm³/mol. The molecule has 0 aliphatic heterocycles. The van der Waals surface area contributed by atoms with E-state index in [1.54, 1.807) is 0 Å². The molecule has 3 bridgehead atoms. The Morgan fingerprint density at radius 2 is 1.73 bits per heavy atom. The third kappa shape index (κ3) is 1.45. The molecule has 2 heteroatoms. The highest BCUT2D eigenvalue weighted by Gasteiger charge is 2.60. The van der Waals surface area contributed by atoms with Crippen molar-refractivity contribution < 1.29 is 10.2 Å². The largest absolute Gasteiger partial charge is 0.390 e. The summed E-state index contributed by atoms with van der Waals surface area (Å²) in [7, 11) is 0. The van der Waals surface area contributed by atoms with Gasteiger partial charge in [0.05, 0.1) is 11.2 Å². The summed E-state index contributed by atoms with van der Waals surface area (Å²) in [6, 6.07) is 0. The molecule has 3 aliphatic carbocycles. The van der Waals surface area contributed by atoms with Crippen LogP contribution in [0.1, 0.15) is 52.4 Å². The summed E-state index contributed by atoms with van der Waals surface area (Å²) in [6.07, 6.45) is 5.59. The fourth-order valence-corrected chi connectivity index (χ4v) is 4.96. The van der Waals surface area contributed by atoms with Crippen molar-refractivity contribution in [2.75, 3.05) is 0 Å². The van der Waals surface area contributed by atoms with Gasteiger partial charge in [-0.15, -0.1) is 0 Å². The van der Waals surface area contributed by atoms with Crippen LogP contribution < -0.4 is 0 Å². The molecule has 3 aliphatic rings. The molecule has 0 aromatic carbocycles. The summed E-state index contributed by atoms with van der Waals surface area (Å²) >= 11 is 0. The average Bonchev–Trinajstić information content (AvgIpc) is 2.08. The van der Waals surface area contributed by atoms with Crippen molar-refractivity contribution in [1.82, 2.24) is 0 Å². The first-order valence-corrected chi connectivity index (χ1v) is 6.25. The SMILES string of the molecule is CC1(C)CC2CC3CC(O)(C2)CC3(O)C1. The number of rotatable bonds is 0. The van der Waals surface area contributed by atoms with Crippen molar-refractivity contribution in [3.63, 3.8) is 0 Å². The minimum atomic E-state index is -0.566. The van der Waals surface area contributed by atoms with Crippen molar-refractivity contribution in [2.45, 2.75) is 63.6 Å². The lowest BCUT2D eigenvalue weighted by Crippen LogP contribution is -2.38. The van der Waals surface area contributed by atoms with Gasteiger partial charge in [-0.3, -0.25) is 0 Å². The maximum Gasteiger partial charge on any atom is 0.0709 e. The zero-order valence-electron chi connectivity index (χ0n) is 9.79. The summed E-state index contributed by atoms with van der Waals surface area (Å²) in [6.45, 7) is 4.53. The van der Waals surface area contributed by atoms with E-state index in [1.165, 1.54) is 6.42 Å². The highest BCUT2D eigenvalue weighted by atomic mass is 16.3. The second kappa shape index (κ2) is 2.60. The molecule has 4 unspecified atom stereocenters. The Bertz CT molecular complexity index is 297. The maximum absolute atomic E-state index is 10.7. The van der Waals surface area contributed by atoms with Gasteiger partial charge in [0.2, 0.25) is 0 Å². The Morgan fingerprint density at radius 1 is 1.00 bits per heavy atom. The molecule has 3 fully saturated rings. The van der Waals surface area contributed by atoms with E-state index in [9.17, 15) is 10.2 Å². The Kier molecular flexibility index (Phi) is 1.75. The van der Waals surface area contributed by atoms with Gasteiger partial charge in [-0.05, 0) is 49.4 Å². The molecule has 2 nitrogen and oxygen atoms in total. The number of hydrogen-bond acceptors (Lipinski definition) is 2. The molecule has 0 heterocycles. The van der Waals surface area contributed by atoms with Gasteiger partial charge in [0.25, 0.3) is 0 Å². The van der Waals surface area contributed by atoms with E-state index in [-0.39, 0.29) is 5.41 Å². The van der Waals surface area contributed by atoms with Crippen molar-refractivity contribution in [3.8, 4) is 0 Å². The average molecular weight is 210 g/mol. The van der Waals surface area contributed by atoms with Crippen LogP contribution >= 0.6 is 0 Å².